The fourth-order valence-electron chi connectivity index (χ4n) is 2.19. The van der Waals surface area contributed by atoms with Gasteiger partial charge in [-0.25, -0.2) is 4.79 Å². The van der Waals surface area contributed by atoms with E-state index < -0.39 is 48.6 Å². The topological polar surface area (TPSA) is 117 Å². The van der Waals surface area contributed by atoms with Gasteiger partial charge >= 0.3 is 12.1 Å². The second-order valence-electron chi connectivity index (χ2n) is 5.99. The third kappa shape index (κ3) is 4.29. The van der Waals surface area contributed by atoms with Crippen LogP contribution < -0.4 is 0 Å². The van der Waals surface area contributed by atoms with Crippen LogP contribution in [0.25, 0.3) is 0 Å². The first-order valence-electron chi connectivity index (χ1n) is 6.70. The fraction of sp³-hybridized carbons (Fsp3) is 0.846. The van der Waals surface area contributed by atoms with Crippen LogP contribution in [0.5, 0.6) is 0 Å². The number of amides is 1. The zero-order valence-corrected chi connectivity index (χ0v) is 12.6. The predicted octanol–water partition coefficient (Wildman–Crippen LogP) is -0.748. The molecule has 0 saturated carbocycles. The Morgan fingerprint density at radius 2 is 1.67 bits per heavy atom. The molecule has 1 saturated heterocycles. The van der Waals surface area contributed by atoms with Gasteiger partial charge in [0.2, 0.25) is 0 Å². The molecule has 1 fully saturated rings. The van der Waals surface area contributed by atoms with Gasteiger partial charge in [-0.3, -0.25) is 9.69 Å². The quantitative estimate of drug-likeness (QED) is 0.587. The second kappa shape index (κ2) is 6.59. The van der Waals surface area contributed by atoms with Crippen LogP contribution in [-0.4, -0.2) is 75.4 Å². The first kappa shape index (κ1) is 17.7. The first-order valence-corrected chi connectivity index (χ1v) is 6.70. The van der Waals surface area contributed by atoms with E-state index in [1.54, 1.807) is 20.8 Å². The third-order valence-corrected chi connectivity index (χ3v) is 3.10. The van der Waals surface area contributed by atoms with Crippen LogP contribution >= 0.6 is 0 Å². The molecule has 0 aromatic carbocycles. The zero-order valence-electron chi connectivity index (χ0n) is 12.6. The normalized spacial score (nSPS) is 29.4. The molecule has 0 bridgehead atoms. The molecule has 3 N–H and O–H groups in total. The summed E-state index contributed by atoms with van der Waals surface area (Å²) in [4.78, 5) is 24.1. The molecule has 1 heterocycles. The number of hydrogen-bond acceptors (Lipinski definition) is 7. The van der Waals surface area contributed by atoms with Gasteiger partial charge in [-0.15, -0.1) is 0 Å². The second-order valence-corrected chi connectivity index (χ2v) is 5.99. The van der Waals surface area contributed by atoms with Gasteiger partial charge in [0, 0.05) is 6.92 Å². The van der Waals surface area contributed by atoms with Crippen LogP contribution in [0.15, 0.2) is 0 Å². The predicted molar refractivity (Wildman–Crippen MR) is 71.4 cm³/mol. The Morgan fingerprint density at radius 1 is 1.14 bits per heavy atom. The number of nitrogens with zero attached hydrogens (tertiary/aromatic N) is 1. The van der Waals surface area contributed by atoms with Crippen molar-refractivity contribution in [2.45, 2.75) is 57.6 Å². The minimum atomic E-state index is -1.34. The van der Waals surface area contributed by atoms with E-state index in [1.165, 1.54) is 6.92 Å². The van der Waals surface area contributed by atoms with Gasteiger partial charge in [0.05, 0.1) is 18.7 Å². The maximum atomic E-state index is 12.2. The Hall–Kier alpha value is -1.38. The van der Waals surface area contributed by atoms with Crippen LogP contribution in [-0.2, 0) is 14.3 Å². The molecule has 1 amide bonds. The van der Waals surface area contributed by atoms with Gasteiger partial charge in [0.1, 0.15) is 24.4 Å². The monoisotopic (exact) mass is 305 g/mol. The van der Waals surface area contributed by atoms with Crippen molar-refractivity contribution in [3.05, 3.63) is 0 Å². The van der Waals surface area contributed by atoms with Crippen LogP contribution in [0.4, 0.5) is 4.79 Å². The van der Waals surface area contributed by atoms with Crippen molar-refractivity contribution in [1.29, 1.82) is 0 Å². The average molecular weight is 305 g/mol. The summed E-state index contributed by atoms with van der Waals surface area (Å²) >= 11 is 0. The summed E-state index contributed by atoms with van der Waals surface area (Å²) in [5.41, 5.74) is -0.776. The third-order valence-electron chi connectivity index (χ3n) is 3.10. The maximum Gasteiger partial charge on any atom is 0.411 e. The molecular weight excluding hydrogens is 282 g/mol. The highest BCUT2D eigenvalue weighted by molar-refractivity contribution is 5.70. The van der Waals surface area contributed by atoms with Crippen molar-refractivity contribution in [1.82, 2.24) is 4.90 Å². The average Bonchev–Trinajstić information content (AvgIpc) is 2.57. The van der Waals surface area contributed by atoms with E-state index in [0.717, 1.165) is 4.90 Å². The van der Waals surface area contributed by atoms with E-state index in [1.807, 2.05) is 0 Å². The van der Waals surface area contributed by atoms with Gasteiger partial charge in [0.15, 0.2) is 0 Å². The molecule has 1 aliphatic rings. The fourth-order valence-corrected chi connectivity index (χ4v) is 2.19. The van der Waals surface area contributed by atoms with E-state index in [0.29, 0.717) is 0 Å². The number of ether oxygens (including phenoxy) is 2. The minimum Gasteiger partial charge on any atom is -0.464 e. The van der Waals surface area contributed by atoms with Crippen molar-refractivity contribution < 1.29 is 34.4 Å². The molecule has 21 heavy (non-hydrogen) atoms. The summed E-state index contributed by atoms with van der Waals surface area (Å²) in [6.07, 6.45) is -3.48. The van der Waals surface area contributed by atoms with Gasteiger partial charge in [0.25, 0.3) is 0 Å². The summed E-state index contributed by atoms with van der Waals surface area (Å²) < 4.78 is 10.0. The highest BCUT2D eigenvalue weighted by atomic mass is 16.6. The molecule has 0 spiro atoms. The van der Waals surface area contributed by atoms with Crippen molar-refractivity contribution >= 4 is 12.1 Å². The van der Waals surface area contributed by atoms with E-state index in [4.69, 9.17) is 9.47 Å². The summed E-state index contributed by atoms with van der Waals surface area (Å²) in [5, 5.41) is 29.2. The Kier molecular flexibility index (Phi) is 5.54. The molecule has 1 rings (SSSR count). The number of aliphatic hydroxyl groups excluding tert-OH is 3. The molecular formula is C13H23NO7. The van der Waals surface area contributed by atoms with Crippen molar-refractivity contribution in [2.24, 2.45) is 0 Å². The zero-order chi connectivity index (χ0) is 16.4. The molecule has 0 radical (unpaired) electrons. The molecule has 8 nitrogen and oxygen atoms in total. The lowest BCUT2D eigenvalue weighted by Crippen LogP contribution is -2.49. The van der Waals surface area contributed by atoms with Crippen LogP contribution in [0.3, 0.4) is 0 Å². The SMILES string of the molecule is CC(=O)OC[C@@H]1[C@@H](O)[C@@H](O)[C@H](CO)N1C(=O)OC(C)(C)C. The highest BCUT2D eigenvalue weighted by Gasteiger charge is 2.51. The summed E-state index contributed by atoms with van der Waals surface area (Å²) in [6, 6.07) is -1.99. The summed E-state index contributed by atoms with van der Waals surface area (Å²) in [5.74, 6) is -0.576. The van der Waals surface area contributed by atoms with Crippen molar-refractivity contribution in [3.8, 4) is 0 Å². The molecule has 0 aromatic heterocycles. The van der Waals surface area contributed by atoms with E-state index in [2.05, 4.69) is 0 Å². The lowest BCUT2D eigenvalue weighted by Gasteiger charge is -2.31. The van der Waals surface area contributed by atoms with E-state index in [9.17, 15) is 24.9 Å². The number of hydrogen-bond donors (Lipinski definition) is 3. The van der Waals surface area contributed by atoms with Crippen LogP contribution in [0.1, 0.15) is 27.7 Å². The number of esters is 1. The van der Waals surface area contributed by atoms with Crippen molar-refractivity contribution in [2.75, 3.05) is 13.2 Å². The number of carbonyl (C=O) groups is 2. The molecule has 4 atom stereocenters. The number of carbonyl (C=O) groups excluding carboxylic acids is 2. The molecule has 0 aliphatic carbocycles. The van der Waals surface area contributed by atoms with Gasteiger partial charge in [-0.05, 0) is 20.8 Å². The van der Waals surface area contributed by atoms with Gasteiger partial charge in [-0.2, -0.15) is 0 Å². The minimum absolute atomic E-state index is 0.288. The summed E-state index contributed by atoms with van der Waals surface area (Å²) in [7, 11) is 0. The first-order chi connectivity index (χ1) is 9.58. The number of aliphatic hydroxyl groups is 3. The van der Waals surface area contributed by atoms with Crippen LogP contribution in [0, 0.1) is 0 Å². The lowest BCUT2D eigenvalue weighted by molar-refractivity contribution is -0.143. The Bertz CT molecular complexity index is 392. The number of rotatable bonds is 3. The smallest absolute Gasteiger partial charge is 0.411 e. The molecule has 0 unspecified atom stereocenters. The van der Waals surface area contributed by atoms with Crippen LogP contribution in [0.2, 0.25) is 0 Å². The van der Waals surface area contributed by atoms with Crippen molar-refractivity contribution in [3.63, 3.8) is 0 Å². The molecule has 1 aliphatic heterocycles. The van der Waals surface area contributed by atoms with E-state index >= 15 is 0 Å². The van der Waals surface area contributed by atoms with E-state index in [-0.39, 0.29) is 6.61 Å². The van der Waals surface area contributed by atoms with Gasteiger partial charge in [-0.1, -0.05) is 0 Å². The molecule has 122 valence electrons. The largest absolute Gasteiger partial charge is 0.464 e. The lowest BCUT2D eigenvalue weighted by atomic mass is 10.1. The highest BCUT2D eigenvalue weighted by Crippen LogP contribution is 2.27. The molecule has 8 heteroatoms. The maximum absolute atomic E-state index is 12.2. The number of likely N-dealkylation sites (tertiary alicyclic amines) is 1. The van der Waals surface area contributed by atoms with Gasteiger partial charge < -0.3 is 24.8 Å². The Morgan fingerprint density at radius 3 is 2.10 bits per heavy atom. The standard InChI is InChI=1S/C13H23NO7/c1-7(16)20-6-9-11(18)10(17)8(5-15)14(9)12(19)21-13(2,3)4/h8-11,15,17-18H,5-6H2,1-4H3/t8-,9+,10-,11+/m0/s1. The molecule has 0 aromatic rings. The summed E-state index contributed by atoms with van der Waals surface area (Å²) in [6.45, 7) is 5.37. The Labute approximate surface area is 123 Å². The Balaban J connectivity index is 2.95.